The van der Waals surface area contributed by atoms with Crippen LogP contribution < -0.4 is 0 Å². The fourth-order valence-corrected chi connectivity index (χ4v) is 4.02. The van der Waals surface area contributed by atoms with Crippen LogP contribution >= 0.6 is 0 Å². The van der Waals surface area contributed by atoms with E-state index in [9.17, 15) is 13.2 Å². The van der Waals surface area contributed by atoms with Crippen LogP contribution in [0.5, 0.6) is 0 Å². The maximum Gasteiger partial charge on any atom is 0.228 e. The van der Waals surface area contributed by atoms with Gasteiger partial charge in [0.25, 0.3) is 0 Å². The number of nitrogens with zero attached hydrogens (tertiary/aromatic N) is 1. The van der Waals surface area contributed by atoms with Gasteiger partial charge >= 0.3 is 0 Å². The largest absolute Gasteiger partial charge is 0.489 e. The number of benzene rings is 1. The number of ketones is 1. The summed E-state index contributed by atoms with van der Waals surface area (Å²) in [5.74, 6) is 0.819. The Hall–Kier alpha value is -1.66. The van der Waals surface area contributed by atoms with Crippen LogP contribution in [0.3, 0.4) is 0 Å². The minimum atomic E-state index is -3.07. The molecule has 1 aromatic carbocycles. The Morgan fingerprint density at radius 2 is 1.91 bits per heavy atom. The van der Waals surface area contributed by atoms with Crippen LogP contribution in [-0.2, 0) is 14.8 Å². The van der Waals surface area contributed by atoms with Crippen LogP contribution in [0.4, 0.5) is 0 Å². The Morgan fingerprint density at radius 1 is 1.22 bits per heavy atom. The Labute approximate surface area is 137 Å². The number of sulfonamides is 1. The van der Waals surface area contributed by atoms with Gasteiger partial charge in [-0.1, -0.05) is 24.3 Å². The third kappa shape index (κ3) is 3.64. The standard InChI is InChI=1S/C17H21NO4S/c1-23(20,21)18-9-6-13(7-10-18)8-11-22-16-12-14-4-2-3-5-15(14)17(16)19/h2-5,12-13H,6-11H2,1H3. The molecule has 6 heteroatoms. The van der Waals surface area contributed by atoms with Gasteiger partial charge in [-0.3, -0.25) is 4.79 Å². The molecule has 0 unspecified atom stereocenters. The molecule has 124 valence electrons. The quantitative estimate of drug-likeness (QED) is 0.828. The lowest BCUT2D eigenvalue weighted by Crippen LogP contribution is -2.37. The van der Waals surface area contributed by atoms with Crippen molar-refractivity contribution in [2.45, 2.75) is 19.3 Å². The number of ether oxygens (including phenoxy) is 1. The van der Waals surface area contributed by atoms with Gasteiger partial charge in [0.2, 0.25) is 15.8 Å². The number of carbonyl (C=O) groups excluding carboxylic acids is 1. The number of allylic oxidation sites excluding steroid dienone is 1. The number of Topliss-reactive ketones (excluding diaryl/α,β-unsaturated/α-hetero) is 1. The number of hydrogen-bond acceptors (Lipinski definition) is 4. The van der Waals surface area contributed by atoms with E-state index in [2.05, 4.69) is 0 Å². The van der Waals surface area contributed by atoms with Crippen LogP contribution in [0.1, 0.15) is 35.2 Å². The fraction of sp³-hybridized carbons (Fsp3) is 0.471. The van der Waals surface area contributed by atoms with Crippen molar-refractivity contribution < 1.29 is 17.9 Å². The SMILES string of the molecule is CS(=O)(=O)N1CCC(CCOC2=Cc3ccccc3C2=O)CC1. The van der Waals surface area contributed by atoms with Gasteiger partial charge in [-0.25, -0.2) is 12.7 Å². The van der Waals surface area contributed by atoms with Crippen LogP contribution in [0.2, 0.25) is 0 Å². The lowest BCUT2D eigenvalue weighted by Gasteiger charge is -2.30. The maximum absolute atomic E-state index is 12.2. The van der Waals surface area contributed by atoms with Crippen LogP contribution in [0, 0.1) is 5.92 Å². The zero-order valence-corrected chi connectivity index (χ0v) is 14.0. The molecule has 1 aromatic rings. The molecule has 23 heavy (non-hydrogen) atoms. The molecule has 0 amide bonds. The van der Waals surface area contributed by atoms with E-state index in [1.807, 2.05) is 24.3 Å². The molecule has 1 saturated heterocycles. The van der Waals surface area contributed by atoms with Crippen molar-refractivity contribution in [2.75, 3.05) is 26.0 Å². The first-order chi connectivity index (χ1) is 10.9. The first-order valence-corrected chi connectivity index (χ1v) is 9.73. The van der Waals surface area contributed by atoms with Gasteiger partial charge in [-0.2, -0.15) is 0 Å². The second-order valence-corrected chi connectivity index (χ2v) is 8.15. The van der Waals surface area contributed by atoms with Crippen LogP contribution in [0.25, 0.3) is 6.08 Å². The molecule has 3 rings (SSSR count). The summed E-state index contributed by atoms with van der Waals surface area (Å²) in [6.45, 7) is 1.66. The van der Waals surface area contributed by atoms with Crippen LogP contribution in [0.15, 0.2) is 30.0 Å². The van der Waals surface area contributed by atoms with E-state index in [0.29, 0.717) is 36.9 Å². The van der Waals surface area contributed by atoms with E-state index < -0.39 is 10.0 Å². The van der Waals surface area contributed by atoms with Crippen molar-refractivity contribution in [1.29, 1.82) is 0 Å². The minimum Gasteiger partial charge on any atom is -0.489 e. The maximum atomic E-state index is 12.2. The molecule has 0 atom stereocenters. The number of rotatable bonds is 5. The average molecular weight is 335 g/mol. The molecule has 0 spiro atoms. The molecule has 0 aromatic heterocycles. The molecular formula is C17H21NO4S. The predicted molar refractivity (Wildman–Crippen MR) is 88.5 cm³/mol. The van der Waals surface area contributed by atoms with Crippen molar-refractivity contribution in [3.05, 3.63) is 41.2 Å². The minimum absolute atomic E-state index is 0.0486. The first-order valence-electron chi connectivity index (χ1n) is 7.88. The normalized spacial score (nSPS) is 19.5. The average Bonchev–Trinajstić information content (AvgIpc) is 2.84. The third-order valence-electron chi connectivity index (χ3n) is 4.54. The highest BCUT2D eigenvalue weighted by molar-refractivity contribution is 7.88. The topological polar surface area (TPSA) is 63.7 Å². The zero-order chi connectivity index (χ0) is 16.4. The van der Waals surface area contributed by atoms with E-state index in [1.165, 1.54) is 10.6 Å². The number of fused-ring (bicyclic) bond motifs is 1. The molecule has 1 aliphatic carbocycles. The zero-order valence-electron chi connectivity index (χ0n) is 13.2. The summed E-state index contributed by atoms with van der Waals surface area (Å²) in [5.41, 5.74) is 1.61. The monoisotopic (exact) mass is 335 g/mol. The van der Waals surface area contributed by atoms with Crippen molar-refractivity contribution >= 4 is 21.9 Å². The molecular weight excluding hydrogens is 314 g/mol. The summed E-state index contributed by atoms with van der Waals surface area (Å²) in [5, 5.41) is 0. The summed E-state index contributed by atoms with van der Waals surface area (Å²) in [6.07, 6.45) is 5.60. The van der Waals surface area contributed by atoms with E-state index in [0.717, 1.165) is 24.8 Å². The molecule has 0 bridgehead atoms. The van der Waals surface area contributed by atoms with Crippen molar-refractivity contribution in [1.82, 2.24) is 4.31 Å². The summed E-state index contributed by atoms with van der Waals surface area (Å²) >= 11 is 0. The summed E-state index contributed by atoms with van der Waals surface area (Å²) in [6, 6.07) is 7.47. The summed E-state index contributed by atoms with van der Waals surface area (Å²) in [4.78, 5) is 12.2. The number of piperidine rings is 1. The van der Waals surface area contributed by atoms with E-state index in [1.54, 1.807) is 6.08 Å². The van der Waals surface area contributed by atoms with E-state index in [4.69, 9.17) is 4.74 Å². The van der Waals surface area contributed by atoms with Gasteiger partial charge in [0.05, 0.1) is 12.9 Å². The predicted octanol–water partition coefficient (Wildman–Crippen LogP) is 2.30. The molecule has 1 fully saturated rings. The Morgan fingerprint density at radius 3 is 2.57 bits per heavy atom. The second kappa shape index (κ2) is 6.45. The van der Waals surface area contributed by atoms with Gasteiger partial charge < -0.3 is 4.74 Å². The second-order valence-electron chi connectivity index (χ2n) is 6.17. The van der Waals surface area contributed by atoms with Crippen LogP contribution in [-0.4, -0.2) is 44.5 Å². The smallest absolute Gasteiger partial charge is 0.228 e. The van der Waals surface area contributed by atoms with Crippen molar-refractivity contribution in [3.63, 3.8) is 0 Å². The molecule has 0 radical (unpaired) electrons. The van der Waals surface area contributed by atoms with E-state index in [-0.39, 0.29) is 5.78 Å². The Bertz CT molecular complexity index is 731. The highest BCUT2D eigenvalue weighted by Gasteiger charge is 2.26. The van der Waals surface area contributed by atoms with Crippen molar-refractivity contribution in [2.24, 2.45) is 5.92 Å². The summed E-state index contributed by atoms with van der Waals surface area (Å²) < 4.78 is 30.2. The van der Waals surface area contributed by atoms with Gasteiger partial charge in [0, 0.05) is 18.7 Å². The molecule has 0 saturated carbocycles. The molecule has 0 N–H and O–H groups in total. The number of carbonyl (C=O) groups is 1. The lowest BCUT2D eigenvalue weighted by atomic mass is 9.95. The van der Waals surface area contributed by atoms with Gasteiger partial charge in [-0.15, -0.1) is 0 Å². The van der Waals surface area contributed by atoms with Gasteiger partial charge in [0.1, 0.15) is 0 Å². The third-order valence-corrected chi connectivity index (χ3v) is 5.85. The summed E-state index contributed by atoms with van der Waals surface area (Å²) in [7, 11) is -3.07. The molecule has 2 aliphatic rings. The van der Waals surface area contributed by atoms with Gasteiger partial charge in [-0.05, 0) is 36.8 Å². The Kier molecular flexibility index (Phi) is 4.55. The first kappa shape index (κ1) is 16.2. The fourth-order valence-electron chi connectivity index (χ4n) is 3.14. The molecule has 5 nitrogen and oxygen atoms in total. The highest BCUT2D eigenvalue weighted by atomic mass is 32.2. The molecule has 1 heterocycles. The Balaban J connectivity index is 1.46. The van der Waals surface area contributed by atoms with Crippen molar-refractivity contribution in [3.8, 4) is 0 Å². The van der Waals surface area contributed by atoms with Gasteiger partial charge in [0.15, 0.2) is 5.76 Å². The van der Waals surface area contributed by atoms with E-state index >= 15 is 0 Å². The molecule has 1 aliphatic heterocycles. The highest BCUT2D eigenvalue weighted by Crippen LogP contribution is 2.27. The number of hydrogen-bond donors (Lipinski definition) is 0. The lowest BCUT2D eigenvalue weighted by molar-refractivity contribution is 0.0909.